The standard InChI is InChI=1S/C66H46N2S/c1-65(2)55-23-11-14-26-59(55)67(60-27-15-12-24-56(60)65)39-29-31-47-48-32-30-40(34-50(48)46-22-10-9-21-45(46)49(47)33-39)68-61-28-16-13-25-57(61)66(3,4)58-36-54-53-35-51-43-19-7-5-17-41(43)42-18-6-8-20-44(42)52(51)37-63(53)69-64(54)38-62(58)68/h5-38H,1-4H3. The Hall–Kier alpha value is -7.98. The van der Waals surface area contributed by atoms with E-state index in [0.29, 0.717) is 0 Å². The molecule has 0 radical (unpaired) electrons. The van der Waals surface area contributed by atoms with Crippen LogP contribution in [0.15, 0.2) is 206 Å². The summed E-state index contributed by atoms with van der Waals surface area (Å²) in [4.78, 5) is 5.02. The fourth-order valence-electron chi connectivity index (χ4n) is 12.8. The van der Waals surface area contributed by atoms with Crippen molar-refractivity contribution in [1.29, 1.82) is 0 Å². The first kappa shape index (κ1) is 39.1. The Morgan fingerprint density at radius 1 is 0.261 bits per heavy atom. The first-order chi connectivity index (χ1) is 33.7. The number of benzene rings is 12. The Morgan fingerprint density at radius 2 is 0.594 bits per heavy atom. The molecule has 0 spiro atoms. The molecule has 2 aliphatic rings. The van der Waals surface area contributed by atoms with E-state index in [-0.39, 0.29) is 10.8 Å². The second kappa shape index (κ2) is 13.8. The van der Waals surface area contributed by atoms with Gasteiger partial charge in [0, 0.05) is 42.4 Å². The summed E-state index contributed by atoms with van der Waals surface area (Å²) < 4.78 is 2.63. The number of nitrogens with zero attached hydrogens (tertiary/aromatic N) is 2. The molecule has 0 bridgehead atoms. The molecule has 2 nitrogen and oxygen atoms in total. The van der Waals surface area contributed by atoms with E-state index in [2.05, 4.69) is 244 Å². The van der Waals surface area contributed by atoms with Crippen molar-refractivity contribution in [3.05, 3.63) is 229 Å². The molecular formula is C66H46N2S. The molecule has 0 aliphatic carbocycles. The van der Waals surface area contributed by atoms with E-state index < -0.39 is 0 Å². The van der Waals surface area contributed by atoms with Crippen LogP contribution in [0.1, 0.15) is 49.9 Å². The van der Waals surface area contributed by atoms with Gasteiger partial charge in [-0.25, -0.2) is 0 Å². The van der Waals surface area contributed by atoms with Crippen molar-refractivity contribution >= 4 is 130 Å². The highest BCUT2D eigenvalue weighted by Crippen LogP contribution is 2.56. The largest absolute Gasteiger partial charge is 0.310 e. The SMILES string of the molecule is CC1(C)c2ccccc2N(c2ccc3c4ccc(N5c6ccccc6C(C)(C)c6cc7c(cc65)sc5cc6c8ccccc8c8ccccc8c6cc57)cc4c4ccccc4c3c2)c2ccccc21. The van der Waals surface area contributed by atoms with Crippen LogP contribution in [0, 0.1) is 0 Å². The van der Waals surface area contributed by atoms with Crippen LogP contribution >= 0.6 is 11.3 Å². The number of rotatable bonds is 2. The Bertz CT molecular complexity index is 4330. The second-order valence-electron chi connectivity index (χ2n) is 20.4. The van der Waals surface area contributed by atoms with Crippen molar-refractivity contribution < 1.29 is 0 Å². The predicted octanol–water partition coefficient (Wildman–Crippen LogP) is 19.2. The van der Waals surface area contributed by atoms with Gasteiger partial charge in [-0.05, 0) is 154 Å². The Balaban J connectivity index is 0.936. The number of para-hydroxylation sites is 3. The summed E-state index contributed by atoms with van der Waals surface area (Å²) >= 11 is 1.92. The minimum Gasteiger partial charge on any atom is -0.310 e. The highest BCUT2D eigenvalue weighted by atomic mass is 32.1. The third kappa shape index (κ3) is 5.26. The molecule has 0 fully saturated rings. The van der Waals surface area contributed by atoms with E-state index in [0.717, 1.165) is 0 Å². The molecule has 15 rings (SSSR count). The van der Waals surface area contributed by atoms with E-state index >= 15 is 0 Å². The normalized spacial score (nSPS) is 14.8. The maximum absolute atomic E-state index is 2.55. The van der Waals surface area contributed by atoms with Crippen LogP contribution < -0.4 is 9.80 Å². The fourth-order valence-corrected chi connectivity index (χ4v) is 13.9. The summed E-state index contributed by atoms with van der Waals surface area (Å²) in [6.45, 7) is 9.53. The molecule has 13 aromatic rings. The summed E-state index contributed by atoms with van der Waals surface area (Å²) in [6, 6.07) is 78.1. The number of thiophene rings is 1. The van der Waals surface area contributed by atoms with E-state index in [1.54, 1.807) is 0 Å². The maximum Gasteiger partial charge on any atom is 0.0517 e. The van der Waals surface area contributed by atoms with Crippen molar-refractivity contribution in [3.8, 4) is 0 Å². The summed E-state index contributed by atoms with van der Waals surface area (Å²) in [5.41, 5.74) is 12.3. The molecule has 3 heterocycles. The average Bonchev–Trinajstić information content (AvgIpc) is 3.74. The Morgan fingerprint density at radius 3 is 1.07 bits per heavy atom. The van der Waals surface area contributed by atoms with Crippen LogP contribution in [0.25, 0.3) is 84.8 Å². The first-order valence-corrected chi connectivity index (χ1v) is 25.1. The number of anilines is 6. The van der Waals surface area contributed by atoms with Gasteiger partial charge in [0.15, 0.2) is 0 Å². The zero-order chi connectivity index (χ0) is 45.9. The molecule has 2 aliphatic heterocycles. The summed E-state index contributed by atoms with van der Waals surface area (Å²) in [5, 5.41) is 18.1. The topological polar surface area (TPSA) is 6.48 Å². The first-order valence-electron chi connectivity index (χ1n) is 24.2. The van der Waals surface area contributed by atoms with Gasteiger partial charge in [-0.3, -0.25) is 0 Å². The fraction of sp³-hybridized carbons (Fsp3) is 0.0909. The minimum absolute atomic E-state index is 0.114. The van der Waals surface area contributed by atoms with Crippen molar-refractivity contribution in [2.24, 2.45) is 0 Å². The lowest BCUT2D eigenvalue weighted by molar-refractivity contribution is 0.632. The van der Waals surface area contributed by atoms with Crippen LogP contribution in [0.4, 0.5) is 34.1 Å². The molecule has 1 aromatic heterocycles. The Labute approximate surface area is 404 Å². The zero-order valence-electron chi connectivity index (χ0n) is 38.9. The minimum atomic E-state index is -0.229. The maximum atomic E-state index is 2.55. The van der Waals surface area contributed by atoms with E-state index in [4.69, 9.17) is 0 Å². The van der Waals surface area contributed by atoms with Gasteiger partial charge < -0.3 is 9.80 Å². The van der Waals surface area contributed by atoms with E-state index in [9.17, 15) is 0 Å². The molecule has 69 heavy (non-hydrogen) atoms. The molecular weight excluding hydrogens is 853 g/mol. The van der Waals surface area contributed by atoms with Crippen LogP contribution in [-0.4, -0.2) is 0 Å². The molecule has 3 heteroatoms. The molecule has 0 N–H and O–H groups in total. The quantitative estimate of drug-likeness (QED) is 0.160. The highest BCUT2D eigenvalue weighted by molar-refractivity contribution is 7.26. The molecule has 0 amide bonds. The molecule has 0 unspecified atom stereocenters. The van der Waals surface area contributed by atoms with Crippen molar-refractivity contribution in [1.82, 2.24) is 0 Å². The lowest BCUT2D eigenvalue weighted by atomic mass is 9.73. The lowest BCUT2D eigenvalue weighted by Crippen LogP contribution is -2.30. The zero-order valence-corrected chi connectivity index (χ0v) is 39.7. The Kier molecular flexibility index (Phi) is 7.82. The van der Waals surface area contributed by atoms with Gasteiger partial charge in [-0.1, -0.05) is 167 Å². The van der Waals surface area contributed by atoms with Crippen LogP contribution in [0.2, 0.25) is 0 Å². The van der Waals surface area contributed by atoms with Gasteiger partial charge in [-0.2, -0.15) is 0 Å². The third-order valence-electron chi connectivity index (χ3n) is 16.1. The number of hydrogen-bond donors (Lipinski definition) is 0. The number of hydrogen-bond acceptors (Lipinski definition) is 3. The van der Waals surface area contributed by atoms with E-state index in [1.165, 1.54) is 141 Å². The highest BCUT2D eigenvalue weighted by Gasteiger charge is 2.39. The summed E-state index contributed by atoms with van der Waals surface area (Å²) in [6.07, 6.45) is 0. The number of fused-ring (bicyclic) bond motifs is 19. The van der Waals surface area contributed by atoms with Gasteiger partial charge in [0.25, 0.3) is 0 Å². The molecule has 326 valence electrons. The smallest absolute Gasteiger partial charge is 0.0517 e. The van der Waals surface area contributed by atoms with E-state index in [1.807, 2.05) is 11.3 Å². The summed E-state index contributed by atoms with van der Waals surface area (Å²) in [5.74, 6) is 0. The second-order valence-corrected chi connectivity index (χ2v) is 21.5. The van der Waals surface area contributed by atoms with Crippen molar-refractivity contribution in [2.45, 2.75) is 38.5 Å². The van der Waals surface area contributed by atoms with Gasteiger partial charge in [0.05, 0.1) is 22.7 Å². The lowest BCUT2D eigenvalue weighted by Gasteiger charge is -2.42. The van der Waals surface area contributed by atoms with Crippen LogP contribution in [-0.2, 0) is 10.8 Å². The van der Waals surface area contributed by atoms with Crippen molar-refractivity contribution in [3.63, 3.8) is 0 Å². The molecule has 0 saturated heterocycles. The van der Waals surface area contributed by atoms with Crippen molar-refractivity contribution in [2.75, 3.05) is 9.80 Å². The van der Waals surface area contributed by atoms with Gasteiger partial charge in [-0.15, -0.1) is 11.3 Å². The van der Waals surface area contributed by atoms with Gasteiger partial charge in [0.1, 0.15) is 0 Å². The molecule has 12 aromatic carbocycles. The third-order valence-corrected chi connectivity index (χ3v) is 17.3. The molecule has 0 atom stereocenters. The van der Waals surface area contributed by atoms with Crippen LogP contribution in [0.3, 0.4) is 0 Å². The predicted molar refractivity (Wildman–Crippen MR) is 298 cm³/mol. The monoisotopic (exact) mass is 898 g/mol. The summed E-state index contributed by atoms with van der Waals surface area (Å²) in [7, 11) is 0. The van der Waals surface area contributed by atoms with Crippen LogP contribution in [0.5, 0.6) is 0 Å². The average molecular weight is 899 g/mol. The molecule has 0 saturated carbocycles. The van der Waals surface area contributed by atoms with Gasteiger partial charge >= 0.3 is 0 Å². The van der Waals surface area contributed by atoms with Gasteiger partial charge in [0.2, 0.25) is 0 Å².